The van der Waals surface area contributed by atoms with E-state index in [2.05, 4.69) is 40.7 Å². The number of carbonyl (C=O) groups excluding carboxylic acids is 1. The minimum Gasteiger partial charge on any atom is -0.481 e. The average molecular weight is 1120 g/mol. The standard InChI is InChI=1S/C53H84O25/c1-48(2)13-14-53(47(70)78-45-40(67)41(77-44-39(66)36(63)33(60)25(18-55)74-44)34(61)26(75-45)20-72-42-38(65)35(62)32(59)24(17-54)73-42)22(15-48)21-7-8-27-49(3)11-10-30(76-43-37(64)31(58)23(56)19-71-43)52(6,46(68)69)28(49)9-12-50(27,4)51(21,5)16-29(53)57/h7,22-45,54-67H,8-20H2,1-6H3,(H,68,69)/t22-,23+,24+,25+,26+,27+,28+,29+,30-,31-,32+,33+,34+,35-,36-,37+,38+,39+,40+,41-,42+,43-,44-,45-,49+,50+,51+,52?,53+/m0/s1. The van der Waals surface area contributed by atoms with Crippen LogP contribution in [0, 0.1) is 50.2 Å². The Labute approximate surface area is 451 Å². The molecule has 0 spiro atoms. The molecule has 15 N–H and O–H groups in total. The first-order valence-corrected chi connectivity index (χ1v) is 27.5. The van der Waals surface area contributed by atoms with E-state index in [0.29, 0.717) is 38.5 Å². The van der Waals surface area contributed by atoms with Crippen LogP contribution >= 0.6 is 0 Å². The van der Waals surface area contributed by atoms with Gasteiger partial charge in [0.05, 0.1) is 44.1 Å². The van der Waals surface area contributed by atoms with E-state index in [-0.39, 0.29) is 37.2 Å². The molecule has 0 aromatic rings. The normalized spacial score (nSPS) is 54.1. The third kappa shape index (κ3) is 9.52. The lowest BCUT2D eigenvalue weighted by molar-refractivity contribution is -0.363. The van der Waals surface area contributed by atoms with Gasteiger partial charge in [-0.05, 0) is 104 Å². The maximum absolute atomic E-state index is 15.5. The van der Waals surface area contributed by atoms with Crippen molar-refractivity contribution in [3.8, 4) is 0 Å². The first-order chi connectivity index (χ1) is 36.5. The second-order valence-corrected chi connectivity index (χ2v) is 25.7. The van der Waals surface area contributed by atoms with E-state index in [1.807, 2.05) is 0 Å². The number of fused-ring (bicyclic) bond motifs is 7. The summed E-state index contributed by atoms with van der Waals surface area (Å²) in [4.78, 5) is 29.1. The molecule has 9 rings (SSSR count). The zero-order chi connectivity index (χ0) is 57.1. The van der Waals surface area contributed by atoms with Gasteiger partial charge in [0.25, 0.3) is 0 Å². The molecule has 0 aromatic carbocycles. The van der Waals surface area contributed by atoms with E-state index in [1.54, 1.807) is 6.92 Å². The van der Waals surface area contributed by atoms with Crippen LogP contribution < -0.4 is 0 Å². The first-order valence-electron chi connectivity index (χ1n) is 27.5. The molecule has 25 heteroatoms. The van der Waals surface area contributed by atoms with Gasteiger partial charge < -0.3 is 114 Å². The van der Waals surface area contributed by atoms with Crippen molar-refractivity contribution in [1.82, 2.24) is 0 Å². The van der Waals surface area contributed by atoms with E-state index in [1.165, 1.54) is 0 Å². The van der Waals surface area contributed by atoms with E-state index in [4.69, 9.17) is 37.9 Å². The Morgan fingerprint density at radius 2 is 1.22 bits per heavy atom. The molecular weight excluding hydrogens is 1040 g/mol. The molecule has 0 aromatic heterocycles. The summed E-state index contributed by atoms with van der Waals surface area (Å²) in [5, 5.41) is 162. The molecule has 1 unspecified atom stereocenters. The number of carboxylic acid groups (broad SMARTS) is 1. The molecule has 4 heterocycles. The van der Waals surface area contributed by atoms with Crippen molar-refractivity contribution in [2.75, 3.05) is 26.4 Å². The highest BCUT2D eigenvalue weighted by molar-refractivity contribution is 5.80. The van der Waals surface area contributed by atoms with Crippen LogP contribution in [0.5, 0.6) is 0 Å². The number of esters is 1. The number of hydrogen-bond donors (Lipinski definition) is 15. The molecule has 4 aliphatic heterocycles. The fraction of sp³-hybridized carbons (Fsp3) is 0.925. The summed E-state index contributed by atoms with van der Waals surface area (Å²) in [6.45, 7) is 9.53. The molecule has 5 aliphatic carbocycles. The topological polar surface area (TPSA) is 411 Å². The molecule has 8 fully saturated rings. The zero-order valence-corrected chi connectivity index (χ0v) is 44.9. The molecule has 29 atom stereocenters. The van der Waals surface area contributed by atoms with Gasteiger partial charge in [-0.3, -0.25) is 9.59 Å². The average Bonchev–Trinajstić information content (AvgIpc) is 2.95. The summed E-state index contributed by atoms with van der Waals surface area (Å²) in [6, 6.07) is 0. The molecule has 446 valence electrons. The minimum absolute atomic E-state index is 0.0802. The van der Waals surface area contributed by atoms with Gasteiger partial charge >= 0.3 is 11.9 Å². The van der Waals surface area contributed by atoms with Crippen molar-refractivity contribution in [3.63, 3.8) is 0 Å². The molecule has 0 radical (unpaired) electrons. The Morgan fingerprint density at radius 3 is 1.85 bits per heavy atom. The van der Waals surface area contributed by atoms with Crippen LogP contribution in [0.3, 0.4) is 0 Å². The SMILES string of the molecule is CC1(C)CC[C@]2(C(=O)O[C@@H]3O[C@H](CO[C@@H]4O[C@H](CO)[C@@H](O)[C@H](O)[C@H]4O)[C@@H](O)[C@H](O[C@@H]4O[C@H](CO)[C@@H](O)[C@H](O)[C@H]4O)[C@H]3O)[C@H](O)C[C@]3(C)C(=CC[C@@H]4[C@@]5(C)CC[C@H](O[C@@H]6OC[C@@H](O)[C@H](O)[C@H]6O)C(C)(C(=O)O)[C@@H]5CC[C@]43C)[C@@H]2C1. The lowest BCUT2D eigenvalue weighted by Gasteiger charge is -2.71. The number of ether oxygens (including phenoxy) is 8. The minimum atomic E-state index is -2.11. The Hall–Kier alpha value is -2.16. The third-order valence-electron chi connectivity index (χ3n) is 21.2. The number of aliphatic carboxylic acids is 1. The van der Waals surface area contributed by atoms with Crippen molar-refractivity contribution in [2.45, 2.75) is 228 Å². The first kappa shape index (κ1) is 60.4. The fourth-order valence-electron chi connectivity index (χ4n) is 16.2. The lowest BCUT2D eigenvalue weighted by Crippen LogP contribution is -2.69. The highest BCUT2D eigenvalue weighted by Gasteiger charge is 2.73. The van der Waals surface area contributed by atoms with E-state index in [9.17, 15) is 81.4 Å². The summed E-state index contributed by atoms with van der Waals surface area (Å²) < 4.78 is 46.8. The zero-order valence-electron chi connectivity index (χ0n) is 44.9. The largest absolute Gasteiger partial charge is 0.481 e. The molecule has 25 nitrogen and oxygen atoms in total. The molecular formula is C53H84O25. The Bertz CT molecular complexity index is 2200. The second-order valence-electron chi connectivity index (χ2n) is 25.7. The highest BCUT2D eigenvalue weighted by Crippen LogP contribution is 2.76. The van der Waals surface area contributed by atoms with Gasteiger partial charge in [-0.1, -0.05) is 46.3 Å². The van der Waals surface area contributed by atoms with Crippen LogP contribution in [0.4, 0.5) is 0 Å². The summed E-state index contributed by atoms with van der Waals surface area (Å²) in [5.41, 5.74) is -4.48. The van der Waals surface area contributed by atoms with Crippen molar-refractivity contribution in [1.29, 1.82) is 0 Å². The van der Waals surface area contributed by atoms with Crippen LogP contribution in [0.25, 0.3) is 0 Å². The maximum atomic E-state index is 15.5. The predicted octanol–water partition coefficient (Wildman–Crippen LogP) is -3.36. The number of carboxylic acids is 1. The number of carbonyl (C=O) groups is 2. The molecule has 0 amide bonds. The quantitative estimate of drug-likeness (QED) is 0.0515. The van der Waals surface area contributed by atoms with Gasteiger partial charge in [0.2, 0.25) is 6.29 Å². The van der Waals surface area contributed by atoms with E-state index >= 15 is 4.79 Å². The number of rotatable bonds is 12. The number of allylic oxidation sites excluding steroid dienone is 2. The van der Waals surface area contributed by atoms with Crippen molar-refractivity contribution in [2.24, 2.45) is 50.2 Å². The Kier molecular flexibility index (Phi) is 16.9. The molecule has 9 aliphatic rings. The summed E-state index contributed by atoms with van der Waals surface area (Å²) >= 11 is 0. The van der Waals surface area contributed by atoms with Crippen LogP contribution in [0.1, 0.15) is 99.3 Å². The predicted molar refractivity (Wildman–Crippen MR) is 260 cm³/mol. The van der Waals surface area contributed by atoms with Crippen molar-refractivity contribution < 1.29 is 124 Å². The third-order valence-corrected chi connectivity index (χ3v) is 21.2. The van der Waals surface area contributed by atoms with Gasteiger partial charge in [-0.2, -0.15) is 0 Å². The summed E-state index contributed by atoms with van der Waals surface area (Å²) in [7, 11) is 0. The highest BCUT2D eigenvalue weighted by atomic mass is 16.8. The Morgan fingerprint density at radius 1 is 0.615 bits per heavy atom. The summed E-state index contributed by atoms with van der Waals surface area (Å²) in [6.07, 6.45) is -30.1. The molecule has 4 saturated heterocycles. The van der Waals surface area contributed by atoms with Gasteiger partial charge in [0.1, 0.15) is 97.0 Å². The van der Waals surface area contributed by atoms with Gasteiger partial charge in [0, 0.05) is 0 Å². The second kappa shape index (κ2) is 21.8. The number of hydrogen-bond acceptors (Lipinski definition) is 24. The fourth-order valence-corrected chi connectivity index (χ4v) is 16.2. The molecule has 0 bridgehead atoms. The smallest absolute Gasteiger partial charge is 0.317 e. The number of aliphatic hydroxyl groups excluding tert-OH is 14. The maximum Gasteiger partial charge on any atom is 0.317 e. The van der Waals surface area contributed by atoms with Crippen LogP contribution in [-0.4, -0.2) is 244 Å². The van der Waals surface area contributed by atoms with Crippen molar-refractivity contribution >= 4 is 11.9 Å². The van der Waals surface area contributed by atoms with Crippen LogP contribution in [-0.2, 0) is 47.5 Å². The lowest BCUT2D eigenvalue weighted by atomic mass is 9.33. The van der Waals surface area contributed by atoms with E-state index < -0.39 is 200 Å². The van der Waals surface area contributed by atoms with Crippen LogP contribution in [0.2, 0.25) is 0 Å². The van der Waals surface area contributed by atoms with Gasteiger partial charge in [-0.25, -0.2) is 0 Å². The summed E-state index contributed by atoms with van der Waals surface area (Å²) in [5.74, 6) is -3.25. The van der Waals surface area contributed by atoms with Crippen LogP contribution in [0.15, 0.2) is 11.6 Å². The Balaban J connectivity index is 1.01. The van der Waals surface area contributed by atoms with Gasteiger partial charge in [0.15, 0.2) is 18.9 Å². The molecule has 78 heavy (non-hydrogen) atoms. The van der Waals surface area contributed by atoms with Gasteiger partial charge in [-0.15, -0.1) is 0 Å². The van der Waals surface area contributed by atoms with Crippen molar-refractivity contribution in [3.05, 3.63) is 11.6 Å². The number of aliphatic hydroxyl groups is 14. The molecule has 4 saturated carbocycles. The van der Waals surface area contributed by atoms with E-state index in [0.717, 1.165) is 5.57 Å². The monoisotopic (exact) mass is 1120 g/mol.